The minimum Gasteiger partial charge on any atom is -0.322 e. The van der Waals surface area contributed by atoms with Gasteiger partial charge in [-0.15, -0.1) is 0 Å². The zero-order valence-corrected chi connectivity index (χ0v) is 9.86. The normalized spacial score (nSPS) is 10.3. The predicted molar refractivity (Wildman–Crippen MR) is 62.3 cm³/mol. The van der Waals surface area contributed by atoms with Gasteiger partial charge in [-0.2, -0.15) is 0 Å². The number of aromatic nitrogens is 3. The first-order valence-corrected chi connectivity index (χ1v) is 5.15. The van der Waals surface area contributed by atoms with Gasteiger partial charge in [-0.3, -0.25) is 0 Å². The van der Waals surface area contributed by atoms with Crippen molar-refractivity contribution in [2.45, 2.75) is 0 Å². The van der Waals surface area contributed by atoms with Gasteiger partial charge in [-0.05, 0) is 12.1 Å². The highest BCUT2D eigenvalue weighted by molar-refractivity contribution is 5.89. The van der Waals surface area contributed by atoms with E-state index in [1.807, 2.05) is 0 Å². The van der Waals surface area contributed by atoms with Crippen LogP contribution in [0.25, 0.3) is 0 Å². The van der Waals surface area contributed by atoms with Gasteiger partial charge in [0.1, 0.15) is 0 Å². The van der Waals surface area contributed by atoms with Crippen LogP contribution in [0.3, 0.4) is 0 Å². The van der Waals surface area contributed by atoms with Crippen LogP contribution in [0.2, 0.25) is 0 Å². The van der Waals surface area contributed by atoms with Crippen LogP contribution >= 0.6 is 0 Å². The highest BCUT2D eigenvalue weighted by atomic mass is 16.7. The van der Waals surface area contributed by atoms with Crippen LogP contribution in [-0.2, 0) is 14.1 Å². The molecular formula is C11H11N3O4. The van der Waals surface area contributed by atoms with Crippen molar-refractivity contribution in [1.82, 2.24) is 14.1 Å². The number of carbonyl (C=O) groups excluding carboxylic acids is 1. The summed E-state index contributed by atoms with van der Waals surface area (Å²) in [5.41, 5.74) is -1.17. The number of hydrogen-bond donors (Lipinski definition) is 0. The number of nitrogens with zero attached hydrogens (tertiary/aromatic N) is 3. The molecule has 0 bridgehead atoms. The van der Waals surface area contributed by atoms with Crippen molar-refractivity contribution in [1.29, 1.82) is 0 Å². The van der Waals surface area contributed by atoms with Crippen LogP contribution in [0.1, 0.15) is 10.4 Å². The van der Waals surface area contributed by atoms with E-state index in [0.29, 0.717) is 4.73 Å². The van der Waals surface area contributed by atoms with Crippen molar-refractivity contribution in [3.63, 3.8) is 0 Å². The second kappa shape index (κ2) is 4.36. The van der Waals surface area contributed by atoms with Crippen LogP contribution in [0.5, 0.6) is 0 Å². The quantitative estimate of drug-likeness (QED) is 0.695. The van der Waals surface area contributed by atoms with Crippen molar-refractivity contribution in [3.8, 4) is 0 Å². The largest absolute Gasteiger partial charge is 0.381 e. The zero-order chi connectivity index (χ0) is 13.3. The van der Waals surface area contributed by atoms with Crippen LogP contribution in [-0.4, -0.2) is 20.1 Å². The molecule has 0 aliphatic heterocycles. The molecule has 2 aromatic rings. The third-order valence-electron chi connectivity index (χ3n) is 2.53. The van der Waals surface area contributed by atoms with Crippen molar-refractivity contribution in [2.75, 3.05) is 0 Å². The molecule has 0 unspecified atom stereocenters. The summed E-state index contributed by atoms with van der Waals surface area (Å²) in [4.78, 5) is 39.7. The topological polar surface area (TPSA) is 75.2 Å². The van der Waals surface area contributed by atoms with Gasteiger partial charge >= 0.3 is 17.3 Å². The lowest BCUT2D eigenvalue weighted by Gasteiger charge is -2.00. The maximum absolute atomic E-state index is 11.7. The van der Waals surface area contributed by atoms with E-state index in [1.54, 1.807) is 18.2 Å². The Morgan fingerprint density at radius 1 is 1.00 bits per heavy atom. The first-order valence-electron chi connectivity index (χ1n) is 5.15. The van der Waals surface area contributed by atoms with Gasteiger partial charge in [0.15, 0.2) is 0 Å². The SMILES string of the molecule is Cn1c(=O)n(OC(=O)c2ccccc2)c(=O)n1C. The fourth-order valence-corrected chi connectivity index (χ4v) is 1.39. The Morgan fingerprint density at radius 3 is 2.00 bits per heavy atom. The molecule has 0 amide bonds. The number of rotatable bonds is 2. The predicted octanol–water partition coefficient (Wildman–Crippen LogP) is -0.846. The lowest BCUT2D eigenvalue weighted by Crippen LogP contribution is -2.37. The summed E-state index contributed by atoms with van der Waals surface area (Å²) in [5, 5.41) is 0. The molecule has 0 spiro atoms. The van der Waals surface area contributed by atoms with Crippen LogP contribution in [0.15, 0.2) is 39.9 Å². The summed E-state index contributed by atoms with van der Waals surface area (Å²) in [6.07, 6.45) is 0. The van der Waals surface area contributed by atoms with E-state index in [4.69, 9.17) is 4.84 Å². The van der Waals surface area contributed by atoms with Gasteiger partial charge in [0.05, 0.1) is 5.56 Å². The maximum atomic E-state index is 11.7. The highest BCUT2D eigenvalue weighted by Gasteiger charge is 2.16. The minimum atomic E-state index is -0.763. The standard InChI is InChI=1S/C11H11N3O4/c1-12-10(16)14(11(17)13(12)2)18-9(15)8-6-4-3-5-7-8/h3-7H,1-2H3. The molecule has 1 aromatic carbocycles. The Balaban J connectivity index is 2.37. The molecule has 7 nitrogen and oxygen atoms in total. The Hall–Kier alpha value is -2.57. The molecule has 2 rings (SSSR count). The molecule has 0 aliphatic carbocycles. The Bertz CT molecular complexity index is 660. The molecule has 1 aromatic heterocycles. The molecule has 0 atom stereocenters. The van der Waals surface area contributed by atoms with Crippen molar-refractivity contribution < 1.29 is 9.63 Å². The maximum Gasteiger partial charge on any atom is 0.381 e. The van der Waals surface area contributed by atoms with Gasteiger partial charge in [-0.25, -0.2) is 23.7 Å². The van der Waals surface area contributed by atoms with Crippen LogP contribution < -0.4 is 16.2 Å². The second-order valence-corrected chi connectivity index (χ2v) is 3.65. The third-order valence-corrected chi connectivity index (χ3v) is 2.53. The van der Waals surface area contributed by atoms with Gasteiger partial charge in [0.2, 0.25) is 0 Å². The summed E-state index contributed by atoms with van der Waals surface area (Å²) in [6, 6.07) is 8.11. The molecule has 0 fully saturated rings. The van der Waals surface area contributed by atoms with E-state index < -0.39 is 17.3 Å². The van der Waals surface area contributed by atoms with E-state index in [-0.39, 0.29) is 5.56 Å². The van der Waals surface area contributed by atoms with E-state index >= 15 is 0 Å². The van der Waals surface area contributed by atoms with E-state index in [0.717, 1.165) is 9.36 Å². The molecule has 0 radical (unpaired) electrons. The van der Waals surface area contributed by atoms with Crippen LogP contribution in [0.4, 0.5) is 0 Å². The molecule has 7 heteroatoms. The minimum absolute atomic E-state index is 0.260. The average Bonchev–Trinajstić information content (AvgIpc) is 2.57. The highest BCUT2D eigenvalue weighted by Crippen LogP contribution is 1.98. The summed E-state index contributed by atoms with van der Waals surface area (Å²) >= 11 is 0. The van der Waals surface area contributed by atoms with Crippen molar-refractivity contribution >= 4 is 5.97 Å². The van der Waals surface area contributed by atoms with Gasteiger partial charge in [0, 0.05) is 14.1 Å². The van der Waals surface area contributed by atoms with Gasteiger partial charge in [-0.1, -0.05) is 22.9 Å². The summed E-state index contributed by atoms with van der Waals surface area (Å²) in [6.45, 7) is 0. The lowest BCUT2D eigenvalue weighted by atomic mass is 10.2. The smallest absolute Gasteiger partial charge is 0.322 e. The summed E-state index contributed by atoms with van der Waals surface area (Å²) in [7, 11) is 2.80. The third kappa shape index (κ3) is 1.86. The van der Waals surface area contributed by atoms with Crippen molar-refractivity contribution in [2.24, 2.45) is 14.1 Å². The average molecular weight is 249 g/mol. The Labute approximate surface area is 101 Å². The van der Waals surface area contributed by atoms with Crippen molar-refractivity contribution in [3.05, 3.63) is 56.9 Å². The zero-order valence-electron chi connectivity index (χ0n) is 9.86. The molecule has 0 saturated heterocycles. The molecule has 0 aliphatic rings. The summed E-state index contributed by atoms with van der Waals surface area (Å²) < 4.78 is 2.51. The first kappa shape index (κ1) is 11.9. The van der Waals surface area contributed by atoms with E-state index in [9.17, 15) is 14.4 Å². The van der Waals surface area contributed by atoms with Gasteiger partial charge in [0.25, 0.3) is 0 Å². The van der Waals surface area contributed by atoms with E-state index in [2.05, 4.69) is 0 Å². The Morgan fingerprint density at radius 2 is 1.50 bits per heavy atom. The molecule has 18 heavy (non-hydrogen) atoms. The second-order valence-electron chi connectivity index (χ2n) is 3.65. The number of hydrogen-bond acceptors (Lipinski definition) is 4. The first-order chi connectivity index (χ1) is 8.52. The Kier molecular flexibility index (Phi) is 2.88. The molecule has 1 heterocycles. The number of benzene rings is 1. The molecule has 94 valence electrons. The fourth-order valence-electron chi connectivity index (χ4n) is 1.39. The molecule has 0 N–H and O–H groups in total. The molecular weight excluding hydrogens is 238 g/mol. The molecule has 0 saturated carbocycles. The summed E-state index contributed by atoms with van der Waals surface area (Å²) in [5.74, 6) is -0.763. The van der Waals surface area contributed by atoms with E-state index in [1.165, 1.54) is 26.2 Å². The monoisotopic (exact) mass is 249 g/mol. The lowest BCUT2D eigenvalue weighted by molar-refractivity contribution is 0.0423. The number of carbonyl (C=O) groups is 1. The van der Waals surface area contributed by atoms with Gasteiger partial charge < -0.3 is 4.84 Å². The fraction of sp³-hybridized carbons (Fsp3) is 0.182. The van der Waals surface area contributed by atoms with Crippen LogP contribution in [0, 0.1) is 0 Å².